The lowest BCUT2D eigenvalue weighted by Gasteiger charge is -2.36. The Kier molecular flexibility index (Phi) is 5.02. The number of rotatable bonds is 5. The van der Waals surface area contributed by atoms with Gasteiger partial charge in [-0.1, -0.05) is 24.3 Å². The fraction of sp³-hybridized carbons (Fsp3) is 0.320. The van der Waals surface area contributed by atoms with Crippen molar-refractivity contribution in [2.75, 3.05) is 13.7 Å². The Hall–Kier alpha value is -3.12. The Morgan fingerprint density at radius 1 is 1.23 bits per heavy atom. The van der Waals surface area contributed by atoms with E-state index in [4.69, 9.17) is 4.74 Å². The maximum absolute atomic E-state index is 15.3. The Morgan fingerprint density at radius 3 is 2.81 bits per heavy atom. The number of aromatic nitrogens is 3. The van der Waals surface area contributed by atoms with Gasteiger partial charge in [-0.2, -0.15) is 5.10 Å². The Bertz CT molecular complexity index is 1240. The smallest absolute Gasteiger partial charge is 0.132 e. The van der Waals surface area contributed by atoms with E-state index in [1.54, 1.807) is 7.11 Å². The summed E-state index contributed by atoms with van der Waals surface area (Å²) in [6.45, 7) is 6.54. The highest BCUT2D eigenvalue weighted by Crippen LogP contribution is 2.40. The molecule has 160 valence electrons. The van der Waals surface area contributed by atoms with Crippen molar-refractivity contribution in [3.8, 4) is 5.75 Å². The molecule has 1 aliphatic heterocycles. The molecule has 1 N–H and O–H groups in total. The summed E-state index contributed by atoms with van der Waals surface area (Å²) in [6.07, 6.45) is 3.03. The number of fused-ring (bicyclic) bond motifs is 3. The largest absolute Gasteiger partial charge is 0.497 e. The molecular weight excluding hydrogens is 391 g/mol. The lowest BCUT2D eigenvalue weighted by molar-refractivity contribution is 0.198. The quantitative estimate of drug-likeness (QED) is 0.497. The molecule has 0 saturated carbocycles. The summed E-state index contributed by atoms with van der Waals surface area (Å²) in [5, 5.41) is 5.83. The molecule has 1 aliphatic rings. The molecule has 0 aliphatic carbocycles. The van der Waals surface area contributed by atoms with Gasteiger partial charge in [-0.25, -0.2) is 4.39 Å². The minimum absolute atomic E-state index is 0.202. The van der Waals surface area contributed by atoms with Crippen molar-refractivity contribution in [3.05, 3.63) is 82.6 Å². The summed E-state index contributed by atoms with van der Waals surface area (Å²) in [6, 6.07) is 13.3. The monoisotopic (exact) mass is 418 g/mol. The van der Waals surface area contributed by atoms with Crippen molar-refractivity contribution in [3.63, 3.8) is 0 Å². The van der Waals surface area contributed by atoms with Gasteiger partial charge in [0.25, 0.3) is 0 Å². The van der Waals surface area contributed by atoms with Crippen LogP contribution in [0.2, 0.25) is 0 Å². The van der Waals surface area contributed by atoms with Crippen LogP contribution in [0, 0.1) is 12.7 Å². The van der Waals surface area contributed by atoms with Crippen LogP contribution in [0.15, 0.2) is 48.7 Å². The van der Waals surface area contributed by atoms with Gasteiger partial charge in [0.1, 0.15) is 11.6 Å². The number of nitrogens with zero attached hydrogens (tertiary/aromatic N) is 3. The minimum atomic E-state index is -0.248. The highest BCUT2D eigenvalue weighted by Gasteiger charge is 2.33. The fourth-order valence-corrected chi connectivity index (χ4v) is 4.76. The number of hydrogen-bond acceptors (Lipinski definition) is 3. The van der Waals surface area contributed by atoms with E-state index in [9.17, 15) is 0 Å². The number of aromatic amines is 1. The van der Waals surface area contributed by atoms with Crippen molar-refractivity contribution in [2.45, 2.75) is 39.4 Å². The summed E-state index contributed by atoms with van der Waals surface area (Å²) in [7, 11) is 1.56. The molecule has 5 rings (SSSR count). The zero-order chi connectivity index (χ0) is 21.5. The number of halogens is 1. The number of benzene rings is 2. The maximum Gasteiger partial charge on any atom is 0.132 e. The Morgan fingerprint density at radius 2 is 2.06 bits per heavy atom. The van der Waals surface area contributed by atoms with Crippen LogP contribution in [-0.4, -0.2) is 33.3 Å². The molecule has 4 aromatic rings. The van der Waals surface area contributed by atoms with E-state index in [2.05, 4.69) is 46.3 Å². The molecule has 5 nitrogen and oxygen atoms in total. The first-order chi connectivity index (χ1) is 15.1. The van der Waals surface area contributed by atoms with E-state index < -0.39 is 0 Å². The number of aryl methyl sites for hydroxylation is 2. The zero-order valence-electron chi connectivity index (χ0n) is 18.2. The summed E-state index contributed by atoms with van der Waals surface area (Å²) in [5.41, 5.74) is 6.33. The Balaban J connectivity index is 1.63. The van der Waals surface area contributed by atoms with Crippen LogP contribution in [0.5, 0.6) is 5.75 Å². The molecule has 31 heavy (non-hydrogen) atoms. The minimum Gasteiger partial charge on any atom is -0.497 e. The molecule has 0 bridgehead atoms. The SMILES string of the molecule is CCn1cc(CN2CCc3c([nH]c4ccccc34)[C@@H]2c2ccc(OC)cc2F)c(C)n1. The molecular formula is C25H27FN4O. The molecule has 3 heterocycles. The predicted octanol–water partition coefficient (Wildman–Crippen LogP) is 4.99. The maximum atomic E-state index is 15.3. The van der Waals surface area contributed by atoms with Gasteiger partial charge in [0, 0.05) is 59.6 Å². The third kappa shape index (κ3) is 3.41. The molecule has 1 atom stereocenters. The first kappa shape index (κ1) is 19.8. The highest BCUT2D eigenvalue weighted by molar-refractivity contribution is 5.85. The molecule has 0 amide bonds. The second-order valence-corrected chi connectivity index (χ2v) is 8.17. The third-order valence-corrected chi connectivity index (χ3v) is 6.38. The van der Waals surface area contributed by atoms with Crippen LogP contribution in [-0.2, 0) is 19.5 Å². The van der Waals surface area contributed by atoms with Gasteiger partial charge in [-0.15, -0.1) is 0 Å². The van der Waals surface area contributed by atoms with Crippen LogP contribution in [0.3, 0.4) is 0 Å². The normalized spacial score (nSPS) is 16.6. The molecule has 0 spiro atoms. The molecule has 0 saturated heterocycles. The number of nitrogens with one attached hydrogen (secondary N) is 1. The fourth-order valence-electron chi connectivity index (χ4n) is 4.76. The average Bonchev–Trinajstić information content (AvgIpc) is 3.34. The van der Waals surface area contributed by atoms with E-state index >= 15 is 4.39 Å². The summed E-state index contributed by atoms with van der Waals surface area (Å²) in [4.78, 5) is 5.96. The first-order valence-corrected chi connectivity index (χ1v) is 10.8. The number of ether oxygens (including phenoxy) is 1. The van der Waals surface area contributed by atoms with Crippen molar-refractivity contribution in [1.29, 1.82) is 0 Å². The van der Waals surface area contributed by atoms with Gasteiger partial charge < -0.3 is 9.72 Å². The zero-order valence-corrected chi connectivity index (χ0v) is 18.2. The van der Waals surface area contributed by atoms with Gasteiger partial charge in [0.05, 0.1) is 18.8 Å². The van der Waals surface area contributed by atoms with Crippen LogP contribution in [0.4, 0.5) is 4.39 Å². The molecule has 0 fully saturated rings. The molecule has 2 aromatic carbocycles. The van der Waals surface area contributed by atoms with Gasteiger partial charge in [0.2, 0.25) is 0 Å². The summed E-state index contributed by atoms with van der Waals surface area (Å²) < 4.78 is 22.5. The van der Waals surface area contributed by atoms with E-state index in [1.165, 1.54) is 22.6 Å². The van der Waals surface area contributed by atoms with E-state index in [0.717, 1.165) is 43.0 Å². The topological polar surface area (TPSA) is 46.1 Å². The third-order valence-electron chi connectivity index (χ3n) is 6.38. The van der Waals surface area contributed by atoms with E-state index in [-0.39, 0.29) is 11.9 Å². The first-order valence-electron chi connectivity index (χ1n) is 10.8. The van der Waals surface area contributed by atoms with Crippen LogP contribution in [0.25, 0.3) is 10.9 Å². The second kappa shape index (κ2) is 7.85. The number of methoxy groups -OCH3 is 1. The number of hydrogen-bond donors (Lipinski definition) is 1. The van der Waals surface area contributed by atoms with Crippen LogP contribution < -0.4 is 4.74 Å². The van der Waals surface area contributed by atoms with Crippen molar-refractivity contribution >= 4 is 10.9 Å². The predicted molar refractivity (Wildman–Crippen MR) is 120 cm³/mol. The lowest BCUT2D eigenvalue weighted by atomic mass is 9.91. The van der Waals surface area contributed by atoms with Gasteiger partial charge in [-0.05, 0) is 38.0 Å². The van der Waals surface area contributed by atoms with E-state index in [1.807, 2.05) is 29.8 Å². The van der Waals surface area contributed by atoms with Crippen molar-refractivity contribution in [1.82, 2.24) is 19.7 Å². The van der Waals surface area contributed by atoms with E-state index in [0.29, 0.717) is 11.3 Å². The molecule has 2 aromatic heterocycles. The van der Waals surface area contributed by atoms with Crippen LogP contribution >= 0.6 is 0 Å². The Labute approximate surface area is 181 Å². The van der Waals surface area contributed by atoms with Crippen molar-refractivity contribution in [2.24, 2.45) is 0 Å². The molecule has 6 heteroatoms. The second-order valence-electron chi connectivity index (χ2n) is 8.17. The van der Waals surface area contributed by atoms with Crippen LogP contribution in [0.1, 0.15) is 41.0 Å². The number of para-hydroxylation sites is 1. The average molecular weight is 419 g/mol. The summed E-state index contributed by atoms with van der Waals surface area (Å²) in [5.74, 6) is 0.280. The molecule has 0 radical (unpaired) electrons. The summed E-state index contributed by atoms with van der Waals surface area (Å²) >= 11 is 0. The molecule has 0 unspecified atom stereocenters. The standard InChI is InChI=1S/C25H27FN4O/c1-4-30-15-17(16(2)28-30)14-29-12-11-20-19-7-5-6-8-23(19)27-24(20)25(29)21-10-9-18(31-3)13-22(21)26/h5-10,13,15,25,27H,4,11-12,14H2,1-3H3/t25-/m0/s1. The lowest BCUT2D eigenvalue weighted by Crippen LogP contribution is -2.36. The van der Waals surface area contributed by atoms with Gasteiger partial charge >= 0.3 is 0 Å². The number of H-pyrrole nitrogens is 1. The van der Waals surface area contributed by atoms with Gasteiger partial charge in [0.15, 0.2) is 0 Å². The van der Waals surface area contributed by atoms with Crippen molar-refractivity contribution < 1.29 is 9.13 Å². The van der Waals surface area contributed by atoms with Gasteiger partial charge in [-0.3, -0.25) is 9.58 Å². The highest BCUT2D eigenvalue weighted by atomic mass is 19.1.